The number of hydrogen-bond acceptors (Lipinski definition) is 10. The molecule has 2 aromatic carbocycles. The van der Waals surface area contributed by atoms with Gasteiger partial charge in [0.05, 0.1) is 55.2 Å². The molecule has 232 valence electrons. The third-order valence-corrected chi connectivity index (χ3v) is 8.28. The van der Waals surface area contributed by atoms with Crippen LogP contribution < -0.4 is 16.0 Å². The Balaban J connectivity index is 1.20. The molecule has 1 amide bonds. The summed E-state index contributed by atoms with van der Waals surface area (Å²) in [6.45, 7) is 6.98. The number of nitrogen functional groups attached to an aromatic ring is 1. The van der Waals surface area contributed by atoms with Crippen molar-refractivity contribution >= 4 is 29.1 Å². The van der Waals surface area contributed by atoms with Gasteiger partial charge in [-0.2, -0.15) is 0 Å². The lowest BCUT2D eigenvalue weighted by molar-refractivity contribution is -0.148. The number of amides is 1. The summed E-state index contributed by atoms with van der Waals surface area (Å²) in [4.78, 5) is 43.9. The fraction of sp³-hybridized carbons (Fsp3) is 0.324. The van der Waals surface area contributed by atoms with E-state index < -0.39 is 5.91 Å². The molecule has 2 saturated heterocycles. The first-order valence-electron chi connectivity index (χ1n) is 15.2. The van der Waals surface area contributed by atoms with E-state index in [4.69, 9.17) is 15.2 Å². The van der Waals surface area contributed by atoms with Gasteiger partial charge in [-0.25, -0.2) is 9.97 Å². The highest BCUT2D eigenvalue weighted by Crippen LogP contribution is 2.35. The van der Waals surface area contributed by atoms with Crippen LogP contribution in [0.2, 0.25) is 0 Å². The van der Waals surface area contributed by atoms with Gasteiger partial charge in [0, 0.05) is 50.4 Å². The molecule has 6 rings (SSSR count). The predicted molar refractivity (Wildman–Crippen MR) is 172 cm³/mol. The number of nitrogens with two attached hydrogens (primary N) is 1. The van der Waals surface area contributed by atoms with Crippen molar-refractivity contribution in [1.82, 2.24) is 19.9 Å². The van der Waals surface area contributed by atoms with E-state index in [2.05, 4.69) is 42.2 Å². The molecule has 4 aromatic rings. The van der Waals surface area contributed by atoms with Gasteiger partial charge >= 0.3 is 5.97 Å². The van der Waals surface area contributed by atoms with Crippen molar-refractivity contribution in [2.75, 3.05) is 62.0 Å². The lowest BCUT2D eigenvalue weighted by Crippen LogP contribution is -2.36. The van der Waals surface area contributed by atoms with Gasteiger partial charge in [-0.3, -0.25) is 19.5 Å². The molecule has 2 aromatic heterocycles. The Kier molecular flexibility index (Phi) is 9.27. The number of carbonyl (C=O) groups is 2. The molecule has 0 aliphatic carbocycles. The molecule has 3 N–H and O–H groups in total. The van der Waals surface area contributed by atoms with Crippen molar-refractivity contribution in [2.45, 2.75) is 19.4 Å². The van der Waals surface area contributed by atoms with Crippen molar-refractivity contribution in [3.05, 3.63) is 96.1 Å². The maximum Gasteiger partial charge on any atom is 0.310 e. The van der Waals surface area contributed by atoms with Crippen LogP contribution in [0.1, 0.15) is 34.5 Å². The Morgan fingerprint density at radius 2 is 1.80 bits per heavy atom. The van der Waals surface area contributed by atoms with E-state index in [9.17, 15) is 9.59 Å². The third kappa shape index (κ3) is 6.95. The molecule has 11 heteroatoms. The van der Waals surface area contributed by atoms with Crippen LogP contribution in [0.15, 0.2) is 79.3 Å². The Hall–Kier alpha value is -4.87. The molecule has 0 bridgehead atoms. The number of anilines is 3. The van der Waals surface area contributed by atoms with Crippen LogP contribution in [0.5, 0.6) is 0 Å². The van der Waals surface area contributed by atoms with E-state index in [1.54, 1.807) is 18.6 Å². The Morgan fingerprint density at radius 3 is 2.56 bits per heavy atom. The molecule has 2 aliphatic heterocycles. The summed E-state index contributed by atoms with van der Waals surface area (Å²) >= 11 is 0. The molecule has 2 aliphatic rings. The molecular weight excluding hydrogens is 570 g/mol. The lowest BCUT2D eigenvalue weighted by atomic mass is 9.88. The van der Waals surface area contributed by atoms with E-state index in [1.807, 2.05) is 55.5 Å². The average Bonchev–Trinajstić information content (AvgIpc) is 3.50. The zero-order chi connectivity index (χ0) is 31.2. The largest absolute Gasteiger partial charge is 0.466 e. The summed E-state index contributed by atoms with van der Waals surface area (Å²) in [7, 11) is 0. The van der Waals surface area contributed by atoms with Crippen molar-refractivity contribution in [3.8, 4) is 11.3 Å². The maximum absolute atomic E-state index is 13.4. The van der Waals surface area contributed by atoms with Crippen molar-refractivity contribution in [1.29, 1.82) is 0 Å². The van der Waals surface area contributed by atoms with Crippen molar-refractivity contribution in [3.63, 3.8) is 0 Å². The SMILES string of the molecule is CCOC(=O)[C@@H]1CN(Cc2ccccc2)CC1c1ccc(-c2cnc(N)c(C(=O)Nc3cnccc3N3CCOCC3)n2)cc1. The number of morpholine rings is 1. The number of ether oxygens (including phenoxy) is 2. The van der Waals surface area contributed by atoms with Crippen molar-refractivity contribution in [2.24, 2.45) is 5.92 Å². The standard InChI is InChI=1S/C34H37N7O4/c1-2-45-34(43)27-22-40(20-23-6-4-3-5-7-23)21-26(27)24-8-10-25(11-9-24)28-19-37-32(35)31(38-28)33(42)39-29-18-36-13-12-30(29)41-14-16-44-17-15-41/h3-13,18-19,26-27H,2,14-17,20-22H2,1H3,(H2,35,37)(H,39,42)/t26?,27-/m1/s1. The molecule has 2 fully saturated rings. The van der Waals surface area contributed by atoms with Crippen LogP contribution in [-0.2, 0) is 20.8 Å². The van der Waals surface area contributed by atoms with E-state index in [0.717, 1.165) is 29.9 Å². The second kappa shape index (κ2) is 13.8. The maximum atomic E-state index is 13.4. The number of carbonyl (C=O) groups excluding carboxylic acids is 2. The summed E-state index contributed by atoms with van der Waals surface area (Å²) < 4.78 is 10.9. The van der Waals surface area contributed by atoms with Gasteiger partial charge in [-0.05, 0) is 24.1 Å². The molecule has 4 heterocycles. The quantitative estimate of drug-likeness (QED) is 0.269. The van der Waals surface area contributed by atoms with E-state index >= 15 is 0 Å². The fourth-order valence-electron chi connectivity index (χ4n) is 6.03. The molecule has 0 spiro atoms. The lowest BCUT2D eigenvalue weighted by Gasteiger charge is -2.30. The second-order valence-electron chi connectivity index (χ2n) is 11.2. The third-order valence-electron chi connectivity index (χ3n) is 8.28. The number of rotatable bonds is 9. The minimum atomic E-state index is -0.470. The minimum Gasteiger partial charge on any atom is -0.466 e. The monoisotopic (exact) mass is 607 g/mol. The zero-order valence-electron chi connectivity index (χ0n) is 25.3. The summed E-state index contributed by atoms with van der Waals surface area (Å²) in [5.74, 6) is -0.886. The van der Waals surface area contributed by atoms with Crippen LogP contribution in [0, 0.1) is 5.92 Å². The van der Waals surface area contributed by atoms with Crippen LogP contribution in [0.4, 0.5) is 17.2 Å². The van der Waals surface area contributed by atoms with Gasteiger partial charge in [0.15, 0.2) is 11.5 Å². The highest BCUT2D eigenvalue weighted by Gasteiger charge is 2.39. The summed E-state index contributed by atoms with van der Waals surface area (Å²) in [6, 6.07) is 20.0. The normalized spacial score (nSPS) is 18.5. The first-order chi connectivity index (χ1) is 22.0. The van der Waals surface area contributed by atoms with Gasteiger partial charge < -0.3 is 25.4 Å². The molecule has 11 nitrogen and oxygen atoms in total. The molecule has 45 heavy (non-hydrogen) atoms. The molecule has 0 radical (unpaired) electrons. The summed E-state index contributed by atoms with van der Waals surface area (Å²) in [6.07, 6.45) is 4.87. The number of aromatic nitrogens is 3. The number of nitrogens with zero attached hydrogens (tertiary/aromatic N) is 5. The smallest absolute Gasteiger partial charge is 0.310 e. The summed E-state index contributed by atoms with van der Waals surface area (Å²) in [5.41, 5.74) is 11.1. The van der Waals surface area contributed by atoms with Crippen molar-refractivity contribution < 1.29 is 19.1 Å². The van der Waals surface area contributed by atoms with E-state index in [-0.39, 0.29) is 29.3 Å². The topological polar surface area (TPSA) is 136 Å². The number of likely N-dealkylation sites (tertiary alicyclic amines) is 1. The number of pyridine rings is 1. The first kappa shape index (κ1) is 30.2. The molecule has 0 saturated carbocycles. The zero-order valence-corrected chi connectivity index (χ0v) is 25.3. The van der Waals surface area contributed by atoms with Gasteiger partial charge in [-0.15, -0.1) is 0 Å². The van der Waals surface area contributed by atoms with Crippen LogP contribution >= 0.6 is 0 Å². The highest BCUT2D eigenvalue weighted by atomic mass is 16.5. The Morgan fingerprint density at radius 1 is 1.02 bits per heavy atom. The Bertz CT molecular complexity index is 1630. The van der Waals surface area contributed by atoms with E-state index in [0.29, 0.717) is 50.8 Å². The highest BCUT2D eigenvalue weighted by molar-refractivity contribution is 6.07. The fourth-order valence-corrected chi connectivity index (χ4v) is 6.03. The van der Waals surface area contributed by atoms with Gasteiger partial charge in [0.25, 0.3) is 5.91 Å². The van der Waals surface area contributed by atoms with Crippen LogP contribution in [0.25, 0.3) is 11.3 Å². The number of esters is 1. The van der Waals surface area contributed by atoms with Gasteiger partial charge in [0.1, 0.15) is 0 Å². The van der Waals surface area contributed by atoms with Gasteiger partial charge in [0.2, 0.25) is 0 Å². The minimum absolute atomic E-state index is 0.0132. The molecule has 2 atom stereocenters. The predicted octanol–water partition coefficient (Wildman–Crippen LogP) is 3.99. The first-order valence-corrected chi connectivity index (χ1v) is 15.2. The van der Waals surface area contributed by atoms with Crippen LogP contribution in [0.3, 0.4) is 0 Å². The number of benzene rings is 2. The second-order valence-corrected chi connectivity index (χ2v) is 11.2. The number of nitrogens with one attached hydrogen (secondary N) is 1. The molecule has 1 unspecified atom stereocenters. The summed E-state index contributed by atoms with van der Waals surface area (Å²) in [5, 5.41) is 2.92. The Labute approximate surface area is 262 Å². The average molecular weight is 608 g/mol. The molecular formula is C34H37N7O4. The van der Waals surface area contributed by atoms with Crippen LogP contribution in [-0.4, -0.2) is 77.7 Å². The van der Waals surface area contributed by atoms with E-state index in [1.165, 1.54) is 5.56 Å². The number of hydrogen-bond donors (Lipinski definition) is 2. The van der Waals surface area contributed by atoms with Gasteiger partial charge in [-0.1, -0.05) is 54.6 Å².